The lowest BCUT2D eigenvalue weighted by atomic mass is 10.1. The molecule has 0 fully saturated rings. The molecule has 1 heterocycles. The highest BCUT2D eigenvalue weighted by molar-refractivity contribution is 5.90. The molecule has 0 saturated heterocycles. The summed E-state index contributed by atoms with van der Waals surface area (Å²) in [7, 11) is 0. The molecule has 0 aliphatic carbocycles. The van der Waals surface area contributed by atoms with Gasteiger partial charge in [-0.3, -0.25) is 4.79 Å². The van der Waals surface area contributed by atoms with Crippen molar-refractivity contribution in [3.63, 3.8) is 0 Å². The minimum Gasteiger partial charge on any atom is -0.396 e. The maximum atomic E-state index is 13.3. The Bertz CT molecular complexity index is 622. The number of aliphatic hydroxyl groups is 1. The highest BCUT2D eigenvalue weighted by atomic mass is 19.1. The minimum atomic E-state index is -0.313. The fourth-order valence-electron chi connectivity index (χ4n) is 2.16. The van der Waals surface area contributed by atoms with Crippen LogP contribution in [0.3, 0.4) is 0 Å². The lowest BCUT2D eigenvalue weighted by molar-refractivity contribution is -0.120. The second kappa shape index (κ2) is 6.05. The Labute approximate surface area is 117 Å². The van der Waals surface area contributed by atoms with Gasteiger partial charge in [-0.2, -0.15) is 0 Å². The average molecular weight is 278 g/mol. The molecular formula is C15H19FN2O2. The number of carbonyl (C=O) groups excluding carboxylic acids is 1. The Balaban J connectivity index is 2.14. The third kappa shape index (κ3) is 3.17. The van der Waals surface area contributed by atoms with Crippen LogP contribution in [0.5, 0.6) is 0 Å². The molecular weight excluding hydrogens is 259 g/mol. The number of nitrogens with one attached hydrogen (secondary N) is 2. The van der Waals surface area contributed by atoms with Crippen LogP contribution in [0.2, 0.25) is 0 Å². The van der Waals surface area contributed by atoms with Crippen LogP contribution in [0.1, 0.15) is 18.2 Å². The van der Waals surface area contributed by atoms with E-state index in [-0.39, 0.29) is 30.7 Å². The van der Waals surface area contributed by atoms with Gasteiger partial charge in [0.1, 0.15) is 5.82 Å². The summed E-state index contributed by atoms with van der Waals surface area (Å²) in [5.41, 5.74) is 2.51. The lowest BCUT2D eigenvalue weighted by Crippen LogP contribution is -2.30. The van der Waals surface area contributed by atoms with Gasteiger partial charge in [0.05, 0.1) is 6.42 Å². The molecule has 1 amide bonds. The summed E-state index contributed by atoms with van der Waals surface area (Å²) in [4.78, 5) is 15.1. The van der Waals surface area contributed by atoms with Crippen LogP contribution in [0.4, 0.5) is 4.39 Å². The van der Waals surface area contributed by atoms with Crippen LogP contribution in [0, 0.1) is 18.7 Å². The van der Waals surface area contributed by atoms with E-state index >= 15 is 0 Å². The van der Waals surface area contributed by atoms with E-state index in [0.29, 0.717) is 6.54 Å². The first-order valence-corrected chi connectivity index (χ1v) is 6.65. The molecule has 0 aliphatic heterocycles. The molecule has 0 saturated carbocycles. The molecule has 5 heteroatoms. The van der Waals surface area contributed by atoms with E-state index in [1.165, 1.54) is 12.1 Å². The van der Waals surface area contributed by atoms with Crippen molar-refractivity contribution >= 4 is 16.8 Å². The zero-order valence-corrected chi connectivity index (χ0v) is 11.7. The summed E-state index contributed by atoms with van der Waals surface area (Å²) in [6, 6.07) is 4.51. The number of fused-ring (bicyclic) bond motifs is 1. The number of hydrogen-bond acceptors (Lipinski definition) is 2. The SMILES string of the molecule is Cc1[nH]c2ccc(F)cc2c1CC(=O)NCC(C)CO. The fraction of sp³-hybridized carbons (Fsp3) is 0.400. The summed E-state index contributed by atoms with van der Waals surface area (Å²) in [6.07, 6.45) is 0.202. The molecule has 0 radical (unpaired) electrons. The number of aryl methyl sites for hydroxylation is 1. The maximum Gasteiger partial charge on any atom is 0.224 e. The van der Waals surface area contributed by atoms with Gasteiger partial charge in [-0.1, -0.05) is 6.92 Å². The molecule has 2 rings (SSSR count). The highest BCUT2D eigenvalue weighted by Crippen LogP contribution is 2.23. The first-order chi connectivity index (χ1) is 9.51. The molecule has 4 nitrogen and oxygen atoms in total. The molecule has 1 aromatic heterocycles. The number of halogens is 1. The van der Waals surface area contributed by atoms with Crippen molar-refractivity contribution in [2.75, 3.05) is 13.2 Å². The van der Waals surface area contributed by atoms with Gasteiger partial charge in [0.2, 0.25) is 5.91 Å². The molecule has 1 atom stereocenters. The Morgan fingerprint density at radius 2 is 2.25 bits per heavy atom. The zero-order chi connectivity index (χ0) is 14.7. The summed E-state index contributed by atoms with van der Waals surface area (Å²) in [5.74, 6) is -0.411. The Morgan fingerprint density at radius 3 is 2.95 bits per heavy atom. The summed E-state index contributed by atoms with van der Waals surface area (Å²) < 4.78 is 13.3. The standard InChI is InChI=1S/C15H19FN2O2/c1-9(8-19)7-17-15(20)6-12-10(2)18-14-4-3-11(16)5-13(12)14/h3-5,9,18-19H,6-8H2,1-2H3,(H,17,20). The van der Waals surface area contributed by atoms with Crippen molar-refractivity contribution < 1.29 is 14.3 Å². The lowest BCUT2D eigenvalue weighted by Gasteiger charge is -2.09. The number of carbonyl (C=O) groups is 1. The van der Waals surface area contributed by atoms with Crippen molar-refractivity contribution in [3.8, 4) is 0 Å². The summed E-state index contributed by atoms with van der Waals surface area (Å²) in [5, 5.41) is 12.4. The molecule has 0 aliphatic rings. The number of aromatic amines is 1. The molecule has 108 valence electrons. The van der Waals surface area contributed by atoms with E-state index in [9.17, 15) is 9.18 Å². The van der Waals surface area contributed by atoms with Crippen molar-refractivity contribution in [2.45, 2.75) is 20.3 Å². The highest BCUT2D eigenvalue weighted by Gasteiger charge is 2.13. The Morgan fingerprint density at radius 1 is 1.50 bits per heavy atom. The van der Waals surface area contributed by atoms with Gasteiger partial charge in [-0.15, -0.1) is 0 Å². The van der Waals surface area contributed by atoms with E-state index in [1.807, 2.05) is 13.8 Å². The second-order valence-electron chi connectivity index (χ2n) is 5.19. The van der Waals surface area contributed by atoms with Crippen LogP contribution < -0.4 is 5.32 Å². The Kier molecular flexibility index (Phi) is 4.39. The number of amides is 1. The normalized spacial score (nSPS) is 12.6. The van der Waals surface area contributed by atoms with Gasteiger partial charge < -0.3 is 15.4 Å². The topological polar surface area (TPSA) is 65.1 Å². The third-order valence-corrected chi connectivity index (χ3v) is 3.38. The first-order valence-electron chi connectivity index (χ1n) is 6.65. The summed E-state index contributed by atoms with van der Waals surface area (Å²) in [6.45, 7) is 4.20. The summed E-state index contributed by atoms with van der Waals surface area (Å²) >= 11 is 0. The van der Waals surface area contributed by atoms with Gasteiger partial charge in [0.25, 0.3) is 0 Å². The number of aliphatic hydroxyl groups excluding tert-OH is 1. The molecule has 20 heavy (non-hydrogen) atoms. The predicted molar refractivity (Wildman–Crippen MR) is 76.0 cm³/mol. The monoisotopic (exact) mass is 278 g/mol. The number of hydrogen-bond donors (Lipinski definition) is 3. The van der Waals surface area contributed by atoms with Crippen molar-refractivity contribution in [3.05, 3.63) is 35.3 Å². The average Bonchev–Trinajstić information content (AvgIpc) is 2.72. The van der Waals surface area contributed by atoms with Gasteiger partial charge >= 0.3 is 0 Å². The molecule has 0 bridgehead atoms. The molecule has 1 aromatic carbocycles. The third-order valence-electron chi connectivity index (χ3n) is 3.38. The maximum absolute atomic E-state index is 13.3. The van der Waals surface area contributed by atoms with Crippen LogP contribution in [0.25, 0.3) is 10.9 Å². The van der Waals surface area contributed by atoms with E-state index in [4.69, 9.17) is 5.11 Å². The number of rotatable bonds is 5. The van der Waals surface area contributed by atoms with E-state index in [0.717, 1.165) is 22.2 Å². The quantitative estimate of drug-likeness (QED) is 0.782. The van der Waals surface area contributed by atoms with Crippen LogP contribution in [-0.2, 0) is 11.2 Å². The largest absolute Gasteiger partial charge is 0.396 e. The first kappa shape index (κ1) is 14.5. The Hall–Kier alpha value is -1.88. The number of aromatic nitrogens is 1. The van der Waals surface area contributed by atoms with Crippen molar-refractivity contribution in [1.82, 2.24) is 10.3 Å². The smallest absolute Gasteiger partial charge is 0.224 e. The van der Waals surface area contributed by atoms with Crippen molar-refractivity contribution in [1.29, 1.82) is 0 Å². The van der Waals surface area contributed by atoms with Crippen LogP contribution >= 0.6 is 0 Å². The minimum absolute atomic E-state index is 0.0282. The van der Waals surface area contributed by atoms with E-state index in [1.54, 1.807) is 6.07 Å². The van der Waals surface area contributed by atoms with Gasteiger partial charge in [0, 0.05) is 29.7 Å². The van der Waals surface area contributed by atoms with Gasteiger partial charge in [-0.25, -0.2) is 4.39 Å². The second-order valence-corrected chi connectivity index (χ2v) is 5.19. The van der Waals surface area contributed by atoms with E-state index in [2.05, 4.69) is 10.3 Å². The van der Waals surface area contributed by atoms with Gasteiger partial charge in [0.15, 0.2) is 0 Å². The molecule has 0 spiro atoms. The van der Waals surface area contributed by atoms with E-state index < -0.39 is 0 Å². The van der Waals surface area contributed by atoms with Gasteiger partial charge in [-0.05, 0) is 36.6 Å². The molecule has 1 unspecified atom stereocenters. The zero-order valence-electron chi connectivity index (χ0n) is 11.7. The molecule has 3 N–H and O–H groups in total. The predicted octanol–water partition coefficient (Wildman–Crippen LogP) is 1.90. The fourth-order valence-corrected chi connectivity index (χ4v) is 2.16. The number of H-pyrrole nitrogens is 1. The number of benzene rings is 1. The van der Waals surface area contributed by atoms with Crippen LogP contribution in [0.15, 0.2) is 18.2 Å². The molecule has 2 aromatic rings. The van der Waals surface area contributed by atoms with Crippen molar-refractivity contribution in [2.24, 2.45) is 5.92 Å². The van der Waals surface area contributed by atoms with Crippen LogP contribution in [-0.4, -0.2) is 29.1 Å².